The lowest BCUT2D eigenvalue weighted by Crippen LogP contribution is -2.39. The molecule has 8 nitrogen and oxygen atoms in total. The van der Waals surface area contributed by atoms with Crippen LogP contribution in [0.3, 0.4) is 0 Å². The molecule has 0 aromatic heterocycles. The van der Waals surface area contributed by atoms with Crippen molar-refractivity contribution in [1.82, 2.24) is 4.90 Å². The molecule has 0 aliphatic carbocycles. The summed E-state index contributed by atoms with van der Waals surface area (Å²) in [6, 6.07) is 4.57. The number of aliphatic carboxylic acids is 1. The van der Waals surface area contributed by atoms with Gasteiger partial charge in [-0.15, -0.1) is 0 Å². The first-order valence-electron chi connectivity index (χ1n) is 8.72. The Morgan fingerprint density at radius 2 is 1.83 bits per heavy atom. The first-order chi connectivity index (χ1) is 13.5. The number of likely N-dealkylation sites (tertiary alicyclic amines) is 1. The first kappa shape index (κ1) is 24.4. The summed E-state index contributed by atoms with van der Waals surface area (Å²) in [6.07, 6.45) is -2.95. The standard InChI is InChI=1S/C16H23N3O3.C2HF3O2/c1-11-9-12(18-15(20)14(17)10-22-2)5-6-13(11)16(21)19-7-3-4-8-19;3-2(4,5)1(6)7/h5-6,9,14H,3-4,7-8,10,17H2,1-2H3,(H,18,20);(H,6,7)/t14-;/m1./s1. The third kappa shape index (κ3) is 7.70. The highest BCUT2D eigenvalue weighted by atomic mass is 19.4. The predicted molar refractivity (Wildman–Crippen MR) is 98.5 cm³/mol. The van der Waals surface area contributed by atoms with Gasteiger partial charge in [0.25, 0.3) is 5.91 Å². The molecule has 0 spiro atoms. The monoisotopic (exact) mass is 419 g/mol. The van der Waals surface area contributed by atoms with Crippen LogP contribution >= 0.6 is 0 Å². The van der Waals surface area contributed by atoms with E-state index < -0.39 is 18.2 Å². The average Bonchev–Trinajstić information content (AvgIpc) is 3.16. The summed E-state index contributed by atoms with van der Waals surface area (Å²) in [5.74, 6) is -3.00. The van der Waals surface area contributed by atoms with Crippen LogP contribution in [-0.4, -0.2) is 66.8 Å². The largest absolute Gasteiger partial charge is 0.490 e. The number of carbonyl (C=O) groups excluding carboxylic acids is 2. The van der Waals surface area contributed by atoms with E-state index >= 15 is 0 Å². The molecule has 0 radical (unpaired) electrons. The number of carboxylic acids is 1. The Morgan fingerprint density at radius 3 is 2.28 bits per heavy atom. The van der Waals surface area contributed by atoms with E-state index in [0.29, 0.717) is 11.3 Å². The van der Waals surface area contributed by atoms with Gasteiger partial charge < -0.3 is 25.8 Å². The third-order valence-corrected chi connectivity index (χ3v) is 4.04. The average molecular weight is 419 g/mol. The number of rotatable bonds is 5. The fourth-order valence-electron chi connectivity index (χ4n) is 2.56. The summed E-state index contributed by atoms with van der Waals surface area (Å²) >= 11 is 0. The van der Waals surface area contributed by atoms with E-state index in [1.165, 1.54) is 7.11 Å². The number of anilines is 1. The highest BCUT2D eigenvalue weighted by Crippen LogP contribution is 2.19. The second kappa shape index (κ2) is 10.8. The number of ether oxygens (including phenoxy) is 1. The summed E-state index contributed by atoms with van der Waals surface area (Å²) in [6.45, 7) is 3.68. The van der Waals surface area contributed by atoms with Crippen LogP contribution in [0.1, 0.15) is 28.8 Å². The molecule has 2 amide bonds. The Morgan fingerprint density at radius 1 is 1.28 bits per heavy atom. The molecule has 0 bridgehead atoms. The molecule has 1 atom stereocenters. The van der Waals surface area contributed by atoms with Crippen molar-refractivity contribution >= 4 is 23.5 Å². The van der Waals surface area contributed by atoms with Crippen molar-refractivity contribution in [2.24, 2.45) is 5.73 Å². The van der Waals surface area contributed by atoms with Crippen LogP contribution < -0.4 is 11.1 Å². The van der Waals surface area contributed by atoms with Crippen LogP contribution in [0.2, 0.25) is 0 Å². The quantitative estimate of drug-likeness (QED) is 0.669. The second-order valence-electron chi connectivity index (χ2n) is 6.38. The van der Waals surface area contributed by atoms with E-state index in [9.17, 15) is 22.8 Å². The summed E-state index contributed by atoms with van der Waals surface area (Å²) < 4.78 is 36.6. The van der Waals surface area contributed by atoms with E-state index in [-0.39, 0.29) is 18.4 Å². The fourth-order valence-corrected chi connectivity index (χ4v) is 2.56. The van der Waals surface area contributed by atoms with Gasteiger partial charge in [-0.25, -0.2) is 4.79 Å². The smallest absolute Gasteiger partial charge is 0.475 e. The number of methoxy groups -OCH3 is 1. The third-order valence-electron chi connectivity index (χ3n) is 4.04. The van der Waals surface area contributed by atoms with Crippen LogP contribution in [0.25, 0.3) is 0 Å². The van der Waals surface area contributed by atoms with Crippen molar-refractivity contribution in [3.63, 3.8) is 0 Å². The van der Waals surface area contributed by atoms with Gasteiger partial charge in [0, 0.05) is 31.5 Å². The Kier molecular flexibility index (Phi) is 9.05. The minimum absolute atomic E-state index is 0.0592. The topological polar surface area (TPSA) is 122 Å². The number of carboxylic acid groups (broad SMARTS) is 1. The maximum absolute atomic E-state index is 12.4. The molecule has 1 heterocycles. The number of hydrogen-bond acceptors (Lipinski definition) is 5. The van der Waals surface area contributed by atoms with Gasteiger partial charge >= 0.3 is 12.1 Å². The molecule has 162 valence electrons. The Hall–Kier alpha value is -2.66. The van der Waals surface area contributed by atoms with Crippen molar-refractivity contribution in [2.75, 3.05) is 32.1 Å². The lowest BCUT2D eigenvalue weighted by atomic mass is 10.1. The van der Waals surface area contributed by atoms with E-state index in [1.807, 2.05) is 11.8 Å². The van der Waals surface area contributed by atoms with Gasteiger partial charge in [0.1, 0.15) is 6.04 Å². The number of carbonyl (C=O) groups is 3. The lowest BCUT2D eigenvalue weighted by Gasteiger charge is -2.17. The van der Waals surface area contributed by atoms with Gasteiger partial charge in [-0.2, -0.15) is 13.2 Å². The Bertz CT molecular complexity index is 734. The van der Waals surface area contributed by atoms with Crippen molar-refractivity contribution in [1.29, 1.82) is 0 Å². The zero-order valence-electron chi connectivity index (χ0n) is 16.1. The van der Waals surface area contributed by atoms with Gasteiger partial charge in [0.15, 0.2) is 0 Å². The Balaban J connectivity index is 0.000000516. The molecule has 1 aromatic carbocycles. The van der Waals surface area contributed by atoms with Gasteiger partial charge in [-0.1, -0.05) is 0 Å². The lowest BCUT2D eigenvalue weighted by molar-refractivity contribution is -0.192. The van der Waals surface area contributed by atoms with Crippen molar-refractivity contribution in [3.05, 3.63) is 29.3 Å². The van der Waals surface area contributed by atoms with Crippen LogP contribution in [0.5, 0.6) is 0 Å². The van der Waals surface area contributed by atoms with E-state index in [2.05, 4.69) is 5.32 Å². The van der Waals surface area contributed by atoms with E-state index in [1.54, 1.807) is 18.2 Å². The van der Waals surface area contributed by atoms with Gasteiger partial charge in [-0.05, 0) is 43.5 Å². The molecule has 1 saturated heterocycles. The van der Waals surface area contributed by atoms with Gasteiger partial charge in [0.05, 0.1) is 6.61 Å². The maximum atomic E-state index is 12.4. The molecule has 1 fully saturated rings. The van der Waals surface area contributed by atoms with E-state index in [0.717, 1.165) is 31.5 Å². The number of alkyl halides is 3. The van der Waals surface area contributed by atoms with E-state index in [4.69, 9.17) is 20.4 Å². The maximum Gasteiger partial charge on any atom is 0.490 e. The van der Waals surface area contributed by atoms with Crippen LogP contribution in [0.4, 0.5) is 18.9 Å². The molecule has 4 N–H and O–H groups in total. The fraction of sp³-hybridized carbons (Fsp3) is 0.500. The number of halogens is 3. The number of nitrogens with two attached hydrogens (primary N) is 1. The number of benzene rings is 1. The number of amides is 2. The predicted octanol–water partition coefficient (Wildman–Crippen LogP) is 1.78. The highest BCUT2D eigenvalue weighted by molar-refractivity contribution is 5.98. The number of aryl methyl sites for hydroxylation is 1. The minimum atomic E-state index is -5.08. The second-order valence-corrected chi connectivity index (χ2v) is 6.38. The number of nitrogens with one attached hydrogen (secondary N) is 1. The first-order valence-corrected chi connectivity index (χ1v) is 8.72. The SMILES string of the molecule is COC[C@@H](N)C(=O)Nc1ccc(C(=O)N2CCCC2)c(C)c1.O=C(O)C(F)(F)F. The molecule has 2 rings (SSSR count). The molecule has 0 unspecified atom stereocenters. The molecule has 29 heavy (non-hydrogen) atoms. The summed E-state index contributed by atoms with van der Waals surface area (Å²) in [4.78, 5) is 35.0. The minimum Gasteiger partial charge on any atom is -0.475 e. The van der Waals surface area contributed by atoms with Crippen molar-refractivity contribution in [3.8, 4) is 0 Å². The van der Waals surface area contributed by atoms with Crippen molar-refractivity contribution in [2.45, 2.75) is 32.0 Å². The number of hydrogen-bond donors (Lipinski definition) is 3. The van der Waals surface area contributed by atoms with Crippen LogP contribution in [0, 0.1) is 6.92 Å². The van der Waals surface area contributed by atoms with Gasteiger partial charge in [-0.3, -0.25) is 9.59 Å². The zero-order valence-corrected chi connectivity index (χ0v) is 16.1. The summed E-state index contributed by atoms with van der Waals surface area (Å²) in [5.41, 5.74) is 7.83. The molecular formula is C18H24F3N3O5. The summed E-state index contributed by atoms with van der Waals surface area (Å²) in [7, 11) is 1.50. The molecule has 11 heteroatoms. The summed E-state index contributed by atoms with van der Waals surface area (Å²) in [5, 5.41) is 9.86. The highest BCUT2D eigenvalue weighted by Gasteiger charge is 2.38. The molecule has 1 aromatic rings. The number of nitrogens with zero attached hydrogens (tertiary/aromatic N) is 1. The van der Waals surface area contributed by atoms with Crippen molar-refractivity contribution < 1.29 is 37.4 Å². The van der Waals surface area contributed by atoms with Crippen LogP contribution in [-0.2, 0) is 14.3 Å². The normalized spacial score (nSPS) is 14.6. The zero-order chi connectivity index (χ0) is 22.2. The molecule has 1 aliphatic heterocycles. The van der Waals surface area contributed by atoms with Gasteiger partial charge in [0.2, 0.25) is 5.91 Å². The molecule has 1 aliphatic rings. The van der Waals surface area contributed by atoms with Crippen LogP contribution in [0.15, 0.2) is 18.2 Å². The molecular weight excluding hydrogens is 395 g/mol. The molecule has 0 saturated carbocycles. The Labute approximate surface area is 165 Å².